The standard InChI is InChI=1S/C10H13BrN6O2/c1-18-8-4-6(3-7(11)9(8)19-2)5-13-17-10(12)14-15-16-17/h3-4,13H,5H2,1-2H3,(H2,12,14,16). The molecule has 102 valence electrons. The molecule has 0 unspecified atom stereocenters. The molecular weight excluding hydrogens is 316 g/mol. The zero-order valence-electron chi connectivity index (χ0n) is 10.4. The first-order valence-corrected chi connectivity index (χ1v) is 6.13. The van der Waals surface area contributed by atoms with Crippen molar-refractivity contribution >= 4 is 21.9 Å². The molecule has 0 bridgehead atoms. The Hall–Kier alpha value is -2.03. The van der Waals surface area contributed by atoms with E-state index >= 15 is 0 Å². The van der Waals surface area contributed by atoms with Crippen LogP contribution in [0.3, 0.4) is 0 Å². The number of tetrazole rings is 1. The number of aromatic nitrogens is 4. The first kappa shape index (κ1) is 13.4. The van der Waals surface area contributed by atoms with Gasteiger partial charge in [0.05, 0.1) is 25.2 Å². The Morgan fingerprint density at radius 2 is 2.16 bits per heavy atom. The molecule has 0 atom stereocenters. The lowest BCUT2D eigenvalue weighted by molar-refractivity contribution is 0.352. The van der Waals surface area contributed by atoms with Gasteiger partial charge in [0.15, 0.2) is 11.5 Å². The van der Waals surface area contributed by atoms with Gasteiger partial charge < -0.3 is 20.6 Å². The average molecular weight is 329 g/mol. The molecule has 0 spiro atoms. The van der Waals surface area contributed by atoms with E-state index in [0.29, 0.717) is 18.0 Å². The molecule has 1 aromatic heterocycles. The second-order valence-electron chi connectivity index (χ2n) is 3.60. The van der Waals surface area contributed by atoms with E-state index < -0.39 is 0 Å². The van der Waals surface area contributed by atoms with Crippen LogP contribution in [0.25, 0.3) is 0 Å². The molecule has 0 fully saturated rings. The minimum atomic E-state index is 0.194. The molecule has 0 saturated carbocycles. The van der Waals surface area contributed by atoms with Gasteiger partial charge in [0.25, 0.3) is 5.95 Å². The van der Waals surface area contributed by atoms with Crippen LogP contribution in [-0.2, 0) is 6.54 Å². The van der Waals surface area contributed by atoms with Gasteiger partial charge in [-0.3, -0.25) is 0 Å². The molecule has 3 N–H and O–H groups in total. The van der Waals surface area contributed by atoms with Crippen molar-refractivity contribution in [1.82, 2.24) is 20.3 Å². The van der Waals surface area contributed by atoms with Crippen molar-refractivity contribution in [3.63, 3.8) is 0 Å². The number of nitrogens with zero attached hydrogens (tertiary/aromatic N) is 4. The van der Waals surface area contributed by atoms with Crippen molar-refractivity contribution in [3.8, 4) is 11.5 Å². The van der Waals surface area contributed by atoms with E-state index in [4.69, 9.17) is 15.2 Å². The maximum absolute atomic E-state index is 5.55. The Labute approximate surface area is 118 Å². The summed E-state index contributed by atoms with van der Waals surface area (Å²) in [5, 5.41) is 10.7. The maximum atomic E-state index is 5.55. The molecule has 0 aliphatic heterocycles. The topological polar surface area (TPSA) is 100 Å². The third kappa shape index (κ3) is 2.87. The number of ether oxygens (including phenoxy) is 2. The second kappa shape index (κ2) is 5.74. The number of nitrogen functional groups attached to an aromatic ring is 1. The molecule has 0 aliphatic rings. The Kier molecular flexibility index (Phi) is 4.05. The number of benzene rings is 1. The lowest BCUT2D eigenvalue weighted by Crippen LogP contribution is -2.18. The minimum absolute atomic E-state index is 0.194. The first-order valence-electron chi connectivity index (χ1n) is 5.34. The van der Waals surface area contributed by atoms with E-state index in [2.05, 4.69) is 36.9 Å². The minimum Gasteiger partial charge on any atom is -0.493 e. The van der Waals surface area contributed by atoms with E-state index in [1.807, 2.05) is 12.1 Å². The van der Waals surface area contributed by atoms with Crippen LogP contribution in [0, 0.1) is 0 Å². The van der Waals surface area contributed by atoms with Crippen molar-refractivity contribution in [1.29, 1.82) is 0 Å². The van der Waals surface area contributed by atoms with Gasteiger partial charge >= 0.3 is 0 Å². The number of hydrogen-bond acceptors (Lipinski definition) is 7. The van der Waals surface area contributed by atoms with E-state index in [1.165, 1.54) is 4.79 Å². The van der Waals surface area contributed by atoms with Crippen molar-refractivity contribution < 1.29 is 9.47 Å². The van der Waals surface area contributed by atoms with Gasteiger partial charge in [0.1, 0.15) is 0 Å². The maximum Gasteiger partial charge on any atom is 0.260 e. The highest BCUT2D eigenvalue weighted by atomic mass is 79.9. The van der Waals surface area contributed by atoms with Crippen molar-refractivity contribution in [2.24, 2.45) is 0 Å². The van der Waals surface area contributed by atoms with Crippen LogP contribution in [0.5, 0.6) is 11.5 Å². The number of methoxy groups -OCH3 is 2. The van der Waals surface area contributed by atoms with Gasteiger partial charge in [-0.25, -0.2) is 0 Å². The molecule has 2 aromatic rings. The summed E-state index contributed by atoms with van der Waals surface area (Å²) in [6.45, 7) is 0.480. The number of nitrogens with one attached hydrogen (secondary N) is 1. The number of anilines is 1. The summed E-state index contributed by atoms with van der Waals surface area (Å²) in [6.07, 6.45) is 0. The van der Waals surface area contributed by atoms with Crippen LogP contribution in [0.4, 0.5) is 5.95 Å². The van der Waals surface area contributed by atoms with Gasteiger partial charge in [0.2, 0.25) is 0 Å². The monoisotopic (exact) mass is 328 g/mol. The molecule has 9 heteroatoms. The summed E-state index contributed by atoms with van der Waals surface area (Å²) in [7, 11) is 3.17. The van der Waals surface area contributed by atoms with Gasteiger partial charge in [-0.1, -0.05) is 5.10 Å². The smallest absolute Gasteiger partial charge is 0.260 e. The van der Waals surface area contributed by atoms with Crippen LogP contribution in [0.1, 0.15) is 5.56 Å². The zero-order chi connectivity index (χ0) is 13.8. The van der Waals surface area contributed by atoms with E-state index in [0.717, 1.165) is 10.0 Å². The van der Waals surface area contributed by atoms with Crippen LogP contribution in [0.2, 0.25) is 0 Å². The Morgan fingerprint density at radius 3 is 2.74 bits per heavy atom. The third-order valence-corrected chi connectivity index (χ3v) is 3.01. The molecule has 0 saturated heterocycles. The summed E-state index contributed by atoms with van der Waals surface area (Å²) in [5.74, 6) is 1.48. The number of rotatable bonds is 5. The molecule has 8 nitrogen and oxygen atoms in total. The number of nitrogens with two attached hydrogens (primary N) is 1. The molecule has 2 rings (SSSR count). The average Bonchev–Trinajstić information content (AvgIpc) is 2.81. The number of hydrogen-bond donors (Lipinski definition) is 2. The summed E-state index contributed by atoms with van der Waals surface area (Å²) < 4.78 is 11.3. The largest absolute Gasteiger partial charge is 0.493 e. The fourth-order valence-corrected chi connectivity index (χ4v) is 2.20. The van der Waals surface area contributed by atoms with Crippen LogP contribution in [0.15, 0.2) is 16.6 Å². The molecule has 1 aromatic carbocycles. The van der Waals surface area contributed by atoms with Gasteiger partial charge in [-0.15, -0.1) is 4.79 Å². The molecule has 1 heterocycles. The van der Waals surface area contributed by atoms with Gasteiger partial charge in [-0.05, 0) is 44.1 Å². The van der Waals surface area contributed by atoms with Crippen LogP contribution in [-0.4, -0.2) is 34.5 Å². The second-order valence-corrected chi connectivity index (χ2v) is 4.45. The number of halogens is 1. The third-order valence-electron chi connectivity index (χ3n) is 2.42. The highest BCUT2D eigenvalue weighted by molar-refractivity contribution is 9.10. The Bertz CT molecular complexity index is 573. The quantitative estimate of drug-likeness (QED) is 0.836. The lowest BCUT2D eigenvalue weighted by Gasteiger charge is -2.12. The molecule has 0 aliphatic carbocycles. The normalized spacial score (nSPS) is 10.3. The predicted octanol–water partition coefficient (Wildman–Crippen LogP) is 0.779. The molecule has 0 amide bonds. The zero-order valence-corrected chi connectivity index (χ0v) is 12.0. The van der Waals surface area contributed by atoms with Crippen molar-refractivity contribution in [3.05, 3.63) is 22.2 Å². The molecular formula is C10H13BrN6O2. The molecule has 0 radical (unpaired) electrons. The summed E-state index contributed by atoms with van der Waals surface area (Å²) in [4.78, 5) is 1.30. The van der Waals surface area contributed by atoms with E-state index in [-0.39, 0.29) is 5.95 Å². The fourth-order valence-electron chi connectivity index (χ4n) is 1.55. The van der Waals surface area contributed by atoms with Crippen LogP contribution >= 0.6 is 15.9 Å². The van der Waals surface area contributed by atoms with Crippen LogP contribution < -0.4 is 20.6 Å². The fraction of sp³-hybridized carbons (Fsp3) is 0.300. The summed E-state index contributed by atoms with van der Waals surface area (Å²) >= 11 is 3.43. The highest BCUT2D eigenvalue weighted by Gasteiger charge is 2.10. The van der Waals surface area contributed by atoms with E-state index in [1.54, 1.807) is 14.2 Å². The van der Waals surface area contributed by atoms with Crippen molar-refractivity contribution in [2.45, 2.75) is 6.54 Å². The molecule has 19 heavy (non-hydrogen) atoms. The van der Waals surface area contributed by atoms with Gasteiger partial charge in [0, 0.05) is 0 Å². The highest BCUT2D eigenvalue weighted by Crippen LogP contribution is 2.36. The summed E-state index contributed by atoms with van der Waals surface area (Å²) in [5.41, 5.74) is 9.47. The SMILES string of the molecule is COc1cc(CNn2nnnc2N)cc(Br)c1OC. The lowest BCUT2D eigenvalue weighted by atomic mass is 10.2. The Morgan fingerprint density at radius 1 is 1.37 bits per heavy atom. The van der Waals surface area contributed by atoms with Gasteiger partial charge in [-0.2, -0.15) is 0 Å². The summed E-state index contributed by atoms with van der Waals surface area (Å²) in [6, 6.07) is 3.77. The first-order chi connectivity index (χ1) is 9.15. The Balaban J connectivity index is 2.17. The predicted molar refractivity (Wildman–Crippen MR) is 72.5 cm³/mol. The van der Waals surface area contributed by atoms with E-state index in [9.17, 15) is 0 Å². The van der Waals surface area contributed by atoms with Crippen molar-refractivity contribution in [2.75, 3.05) is 25.4 Å².